The lowest BCUT2D eigenvalue weighted by Gasteiger charge is -2.29. The molecule has 3 aromatic rings. The number of ether oxygens (including phenoxy) is 1. The number of amides is 1. The van der Waals surface area contributed by atoms with Crippen LogP contribution in [0.2, 0.25) is 0 Å². The number of nitrogens with one attached hydrogen (secondary N) is 1. The molecule has 3 aromatic carbocycles. The lowest BCUT2D eigenvalue weighted by Crippen LogP contribution is -2.42. The van der Waals surface area contributed by atoms with Crippen LogP contribution in [0.1, 0.15) is 30.0 Å². The maximum absolute atomic E-state index is 14.0. The van der Waals surface area contributed by atoms with Crippen molar-refractivity contribution in [3.8, 4) is 5.75 Å². The van der Waals surface area contributed by atoms with Gasteiger partial charge in [-0.25, -0.2) is 12.8 Å². The van der Waals surface area contributed by atoms with Gasteiger partial charge in [-0.2, -0.15) is 0 Å². The van der Waals surface area contributed by atoms with E-state index >= 15 is 0 Å². The third kappa shape index (κ3) is 5.62. The first-order valence-corrected chi connectivity index (χ1v) is 13.9. The Bertz CT molecular complexity index is 1310. The first-order valence-electron chi connectivity index (χ1n) is 11.2. The molecule has 1 N–H and O–H groups in total. The summed E-state index contributed by atoms with van der Waals surface area (Å²) in [5, 5.41) is 2.99. The number of hydrogen-bond acceptors (Lipinski definition) is 5. The fourth-order valence-electron chi connectivity index (χ4n) is 4.26. The topological polar surface area (TPSA) is 75.7 Å². The van der Waals surface area contributed by atoms with Crippen molar-refractivity contribution in [3.63, 3.8) is 0 Å². The van der Waals surface area contributed by atoms with Gasteiger partial charge >= 0.3 is 0 Å². The third-order valence-electron chi connectivity index (χ3n) is 6.03. The SMILES string of the molecule is COc1ccc2c(c1)CCCC2NC(=O)CN(c1cccc(F)c1)S(=O)(=O)c1ccc(SC)cc1. The number of hydrogen-bond donors (Lipinski definition) is 1. The predicted molar refractivity (Wildman–Crippen MR) is 136 cm³/mol. The van der Waals surface area contributed by atoms with Crippen molar-refractivity contribution in [2.75, 3.05) is 24.2 Å². The second-order valence-corrected chi connectivity index (χ2v) is 11.0. The highest BCUT2D eigenvalue weighted by molar-refractivity contribution is 7.98. The lowest BCUT2D eigenvalue weighted by molar-refractivity contribution is -0.120. The third-order valence-corrected chi connectivity index (χ3v) is 8.56. The van der Waals surface area contributed by atoms with Crippen LogP contribution in [0.3, 0.4) is 0 Å². The second kappa shape index (κ2) is 10.7. The van der Waals surface area contributed by atoms with Crippen LogP contribution in [0.4, 0.5) is 10.1 Å². The number of aryl methyl sites for hydroxylation is 1. The number of thioether (sulfide) groups is 1. The van der Waals surface area contributed by atoms with Crippen LogP contribution < -0.4 is 14.4 Å². The molecular weight excluding hydrogens is 487 g/mol. The van der Waals surface area contributed by atoms with Crippen molar-refractivity contribution < 1.29 is 22.3 Å². The summed E-state index contributed by atoms with van der Waals surface area (Å²) in [4.78, 5) is 14.1. The number of carbonyl (C=O) groups excluding carboxylic acids is 1. The molecule has 1 unspecified atom stereocenters. The summed E-state index contributed by atoms with van der Waals surface area (Å²) in [7, 11) is -2.51. The zero-order chi connectivity index (χ0) is 25.0. The molecule has 0 saturated carbocycles. The lowest BCUT2D eigenvalue weighted by atomic mass is 9.87. The fourth-order valence-corrected chi connectivity index (χ4v) is 6.08. The van der Waals surface area contributed by atoms with E-state index in [4.69, 9.17) is 4.74 Å². The average molecular weight is 515 g/mol. The van der Waals surface area contributed by atoms with Crippen LogP contribution in [0.15, 0.2) is 76.5 Å². The van der Waals surface area contributed by atoms with E-state index in [0.717, 1.165) is 51.4 Å². The molecule has 1 aliphatic carbocycles. The summed E-state index contributed by atoms with van der Waals surface area (Å²) in [6.45, 7) is -0.474. The smallest absolute Gasteiger partial charge is 0.264 e. The van der Waals surface area contributed by atoms with Gasteiger partial charge in [-0.05, 0) is 91.2 Å². The number of fused-ring (bicyclic) bond motifs is 1. The number of rotatable bonds is 8. The molecule has 1 aliphatic rings. The molecule has 4 rings (SSSR count). The van der Waals surface area contributed by atoms with E-state index in [1.165, 1.54) is 42.1 Å². The number of methoxy groups -OCH3 is 1. The van der Waals surface area contributed by atoms with Gasteiger partial charge in [-0.1, -0.05) is 12.1 Å². The Morgan fingerprint density at radius 1 is 1.14 bits per heavy atom. The molecule has 0 heterocycles. The number of anilines is 1. The molecule has 9 heteroatoms. The molecule has 0 spiro atoms. The summed E-state index contributed by atoms with van der Waals surface area (Å²) in [6, 6.07) is 17.2. The number of carbonyl (C=O) groups is 1. The molecule has 0 bridgehead atoms. The Kier molecular flexibility index (Phi) is 7.66. The minimum Gasteiger partial charge on any atom is -0.497 e. The van der Waals surface area contributed by atoms with Crippen LogP contribution in [0.25, 0.3) is 0 Å². The quantitative estimate of drug-likeness (QED) is 0.431. The van der Waals surface area contributed by atoms with E-state index in [9.17, 15) is 17.6 Å². The molecule has 0 saturated heterocycles. The van der Waals surface area contributed by atoms with Gasteiger partial charge in [0.1, 0.15) is 18.1 Å². The number of nitrogens with zero attached hydrogens (tertiary/aromatic N) is 1. The van der Waals surface area contributed by atoms with E-state index in [2.05, 4.69) is 5.32 Å². The van der Waals surface area contributed by atoms with E-state index in [1.807, 2.05) is 24.5 Å². The van der Waals surface area contributed by atoms with Crippen molar-refractivity contribution in [2.24, 2.45) is 0 Å². The van der Waals surface area contributed by atoms with Crippen molar-refractivity contribution in [3.05, 3.63) is 83.7 Å². The number of sulfonamides is 1. The van der Waals surface area contributed by atoms with Gasteiger partial charge in [0.2, 0.25) is 5.91 Å². The van der Waals surface area contributed by atoms with Crippen LogP contribution in [0, 0.1) is 5.82 Å². The molecule has 6 nitrogen and oxygen atoms in total. The Morgan fingerprint density at radius 2 is 1.91 bits per heavy atom. The monoisotopic (exact) mass is 514 g/mol. The van der Waals surface area contributed by atoms with E-state index in [0.29, 0.717) is 0 Å². The van der Waals surface area contributed by atoms with Crippen molar-refractivity contribution in [1.29, 1.82) is 0 Å². The minimum absolute atomic E-state index is 0.0301. The first-order chi connectivity index (χ1) is 16.8. The molecule has 1 amide bonds. The van der Waals surface area contributed by atoms with Crippen molar-refractivity contribution >= 4 is 33.4 Å². The molecule has 184 valence electrons. The van der Waals surface area contributed by atoms with Gasteiger partial charge in [0.05, 0.1) is 23.7 Å². The number of halogens is 1. The van der Waals surface area contributed by atoms with Crippen molar-refractivity contribution in [1.82, 2.24) is 5.32 Å². The predicted octanol–water partition coefficient (Wildman–Crippen LogP) is 4.95. The molecule has 0 radical (unpaired) electrons. The maximum atomic E-state index is 14.0. The summed E-state index contributed by atoms with van der Waals surface area (Å²) in [5.41, 5.74) is 2.19. The second-order valence-electron chi connectivity index (χ2n) is 8.24. The van der Waals surface area contributed by atoms with Crippen LogP contribution in [0.5, 0.6) is 5.75 Å². The summed E-state index contributed by atoms with van der Waals surface area (Å²) in [5.74, 6) is -0.296. The van der Waals surface area contributed by atoms with Gasteiger partial charge < -0.3 is 10.1 Å². The highest BCUT2D eigenvalue weighted by atomic mass is 32.2. The summed E-state index contributed by atoms with van der Waals surface area (Å²) >= 11 is 1.49. The van der Waals surface area contributed by atoms with Gasteiger partial charge in [0.25, 0.3) is 10.0 Å². The Balaban J connectivity index is 1.61. The maximum Gasteiger partial charge on any atom is 0.264 e. The highest BCUT2D eigenvalue weighted by Crippen LogP contribution is 2.32. The van der Waals surface area contributed by atoms with Crippen LogP contribution in [-0.2, 0) is 21.2 Å². The minimum atomic E-state index is -4.12. The molecule has 0 aromatic heterocycles. The normalized spacial score (nSPS) is 15.2. The Hall–Kier alpha value is -3.04. The van der Waals surface area contributed by atoms with E-state index in [1.54, 1.807) is 19.2 Å². The standard InChI is InChI=1S/C26H27FN2O4S2/c1-33-21-9-14-24-18(15-21)5-3-8-25(24)28-26(30)17-29(20-7-4-6-19(27)16-20)35(31,32)23-12-10-22(34-2)11-13-23/h4,6-7,9-16,25H,3,5,8,17H2,1-2H3,(H,28,30). The van der Waals surface area contributed by atoms with Crippen molar-refractivity contribution in [2.45, 2.75) is 35.1 Å². The molecular formula is C26H27FN2O4S2. The summed E-state index contributed by atoms with van der Waals surface area (Å²) in [6.07, 6.45) is 4.41. The molecule has 1 atom stereocenters. The van der Waals surface area contributed by atoms with Gasteiger partial charge in [0, 0.05) is 4.90 Å². The molecule has 35 heavy (non-hydrogen) atoms. The molecule has 0 aliphatic heterocycles. The summed E-state index contributed by atoms with van der Waals surface area (Å²) < 4.78 is 47.4. The Labute approximate surface area is 209 Å². The van der Waals surface area contributed by atoms with Crippen LogP contribution >= 0.6 is 11.8 Å². The van der Waals surface area contributed by atoms with Gasteiger partial charge in [-0.3, -0.25) is 9.10 Å². The average Bonchev–Trinajstić information content (AvgIpc) is 2.87. The number of benzene rings is 3. The largest absolute Gasteiger partial charge is 0.497 e. The fraction of sp³-hybridized carbons (Fsp3) is 0.269. The highest BCUT2D eigenvalue weighted by Gasteiger charge is 2.29. The zero-order valence-electron chi connectivity index (χ0n) is 19.5. The van der Waals surface area contributed by atoms with Gasteiger partial charge in [-0.15, -0.1) is 11.8 Å². The van der Waals surface area contributed by atoms with Gasteiger partial charge in [0.15, 0.2) is 0 Å². The van der Waals surface area contributed by atoms with E-state index < -0.39 is 28.3 Å². The molecule has 0 fully saturated rings. The first kappa shape index (κ1) is 25.1. The van der Waals surface area contributed by atoms with E-state index in [-0.39, 0.29) is 16.6 Å². The Morgan fingerprint density at radius 3 is 2.60 bits per heavy atom. The zero-order valence-corrected chi connectivity index (χ0v) is 21.2. The van der Waals surface area contributed by atoms with Crippen LogP contribution in [-0.4, -0.2) is 34.2 Å².